The second-order valence-corrected chi connectivity index (χ2v) is 32.7. The van der Waals surface area contributed by atoms with Crippen LogP contribution in [0.1, 0.15) is 142 Å². The Labute approximate surface area is 410 Å². The quantitative estimate of drug-likeness (QED) is 0.129. The number of ether oxygens (including phenoxy) is 2. The van der Waals surface area contributed by atoms with E-state index >= 15 is 0 Å². The highest BCUT2D eigenvalue weighted by Crippen LogP contribution is 2.46. The van der Waals surface area contributed by atoms with Crippen molar-refractivity contribution in [1.82, 2.24) is 9.97 Å². The summed E-state index contributed by atoms with van der Waals surface area (Å²) in [5.74, 6) is 1.00. The Balaban J connectivity index is 1.41. The first kappa shape index (κ1) is 54.6. The van der Waals surface area contributed by atoms with E-state index in [-0.39, 0.29) is 33.7 Å². The molecule has 372 valence electrons. The summed E-state index contributed by atoms with van der Waals surface area (Å²) in [4.78, 5) is 36.7. The molecule has 10 nitrogen and oxygen atoms in total. The van der Waals surface area contributed by atoms with E-state index in [1.807, 2.05) is 50.3 Å². The zero-order valence-electron chi connectivity index (χ0n) is 44.0. The summed E-state index contributed by atoms with van der Waals surface area (Å²) >= 11 is 0. The number of rotatable bonds is 10. The van der Waals surface area contributed by atoms with Gasteiger partial charge in [-0.3, -0.25) is 0 Å². The number of allylic oxidation sites excluding steroid dienone is 10. The van der Waals surface area contributed by atoms with Crippen LogP contribution in [0, 0.1) is 34.5 Å². The Bertz CT molecular complexity index is 2110. The lowest BCUT2D eigenvalue weighted by Crippen LogP contribution is -2.51. The van der Waals surface area contributed by atoms with Crippen LogP contribution in [0.4, 0.5) is 0 Å². The van der Waals surface area contributed by atoms with Crippen LogP contribution in [-0.4, -0.2) is 63.0 Å². The number of fused-ring (bicyclic) bond motifs is 6. The van der Waals surface area contributed by atoms with Crippen molar-refractivity contribution in [3.05, 3.63) is 121 Å². The van der Waals surface area contributed by atoms with E-state index in [0.717, 1.165) is 12.8 Å². The summed E-state index contributed by atoms with van der Waals surface area (Å²) in [5.41, 5.74) is -0.943. The molecule has 2 fully saturated rings. The molecule has 2 aromatic heterocycles. The molecular formula is C56H82N2O8Si2. The molecule has 2 aromatic rings. The van der Waals surface area contributed by atoms with Gasteiger partial charge in [-0.1, -0.05) is 154 Å². The molecule has 2 aliphatic carbocycles. The van der Waals surface area contributed by atoms with E-state index < -0.39 is 51.6 Å². The van der Waals surface area contributed by atoms with Crippen molar-refractivity contribution in [2.45, 2.75) is 169 Å². The van der Waals surface area contributed by atoms with Crippen molar-refractivity contribution >= 4 is 40.7 Å². The molecule has 68 heavy (non-hydrogen) atoms. The Hall–Kier alpha value is -4.37. The Kier molecular flexibility index (Phi) is 17.8. The number of esters is 2. The van der Waals surface area contributed by atoms with Gasteiger partial charge in [0.25, 0.3) is 0 Å². The van der Waals surface area contributed by atoms with E-state index in [2.05, 4.69) is 154 Å². The molecule has 0 N–H and O–H groups in total. The first-order valence-electron chi connectivity index (χ1n) is 24.7. The molecule has 0 saturated heterocycles. The number of aromatic nitrogens is 2. The lowest BCUT2D eigenvalue weighted by molar-refractivity contribution is -0.0425. The third-order valence-corrected chi connectivity index (χ3v) is 23.9. The Morgan fingerprint density at radius 1 is 0.574 bits per heavy atom. The monoisotopic (exact) mass is 967 g/mol. The van der Waals surface area contributed by atoms with Crippen molar-refractivity contribution in [1.29, 1.82) is 0 Å². The number of carbonyl (C=O) groups is 2. The lowest BCUT2D eigenvalue weighted by atomic mass is 9.79. The van der Waals surface area contributed by atoms with Gasteiger partial charge in [-0.2, -0.15) is 0 Å². The van der Waals surface area contributed by atoms with Crippen LogP contribution in [0.25, 0.3) is 12.2 Å². The Morgan fingerprint density at radius 2 is 0.926 bits per heavy atom. The van der Waals surface area contributed by atoms with Crippen LogP contribution in [0.15, 0.2) is 106 Å². The minimum atomic E-state index is -2.21. The molecule has 0 unspecified atom stereocenters. The summed E-state index contributed by atoms with van der Waals surface area (Å²) in [6, 6.07) is 0. The lowest BCUT2D eigenvalue weighted by Gasteiger charge is -2.45. The fourth-order valence-corrected chi connectivity index (χ4v) is 10.4. The smallest absolute Gasteiger partial charge is 0.360 e. The van der Waals surface area contributed by atoms with Crippen LogP contribution in [0.2, 0.25) is 36.3 Å². The molecule has 2 saturated carbocycles. The van der Waals surface area contributed by atoms with Crippen LogP contribution < -0.4 is 0 Å². The SMILES string of the molecule is C/C=C/[C@@H](O[Si](C)(C)C(C)(C)C)C(C)(C)[C@@H]1C/C=C\[C@H]2C[C@@H]2/C=C/C=C\c2nc(co2)C(=O)O[C@H](C(C)(C)[C@@H](/C=C/C)O[Si](C)(C)C(C)(C)C)C/C=C\[C@H]2C[C@@H]2/C=C/C=C\c2nc(co2)C(=O)O1. The largest absolute Gasteiger partial charge is 0.457 e. The molecule has 1 aliphatic heterocycles. The van der Waals surface area contributed by atoms with E-state index in [9.17, 15) is 9.59 Å². The van der Waals surface area contributed by atoms with E-state index in [4.69, 9.17) is 27.2 Å². The molecule has 0 radical (unpaired) electrons. The van der Waals surface area contributed by atoms with E-state index in [0.29, 0.717) is 48.3 Å². The third kappa shape index (κ3) is 14.4. The van der Waals surface area contributed by atoms with Crippen LogP contribution in [0.5, 0.6) is 0 Å². The van der Waals surface area contributed by atoms with Gasteiger partial charge < -0.3 is 27.2 Å². The molecule has 12 heteroatoms. The van der Waals surface area contributed by atoms with E-state index in [1.54, 1.807) is 12.2 Å². The molecule has 0 aromatic carbocycles. The molecular weight excluding hydrogens is 885 g/mol. The highest BCUT2D eigenvalue weighted by Gasteiger charge is 2.48. The van der Waals surface area contributed by atoms with Gasteiger partial charge in [-0.15, -0.1) is 0 Å². The summed E-state index contributed by atoms with van der Waals surface area (Å²) in [7, 11) is -4.41. The second kappa shape index (κ2) is 22.2. The van der Waals surface area contributed by atoms with Crippen molar-refractivity contribution in [3.63, 3.8) is 0 Å². The number of carbonyl (C=O) groups excluding carboxylic acids is 2. The van der Waals surface area contributed by atoms with Gasteiger partial charge in [0.05, 0.1) is 12.2 Å². The standard InChI is InChI=1S/C56H82N2O8Si2/c1-17-25-47(65-67(13,14)53(3,4)5)55(9,10)45-31-23-29-41-35-39(41)27-19-22-34-50-58-44(38-62-50)52(60)64-46(56(11,12)48(26-18-2)66-68(15,16)54(6,7)8)32-24-30-42-36-40(42)28-20-21-33-49-57-43(37-61-49)51(59)63-45/h17-30,33-34,37-42,45-48H,31-32,35-36H2,1-16H3/b25-17+,26-18+,27-19+,28-20+,29-23-,30-24-,33-21-,34-22-/t39-,40-,41-,42-,45-,46-,47+,48+/m0/s1. The van der Waals surface area contributed by atoms with Crippen molar-refractivity contribution < 1.29 is 36.7 Å². The minimum absolute atomic E-state index is 0.00632. The van der Waals surface area contributed by atoms with Gasteiger partial charge in [-0.25, -0.2) is 19.6 Å². The summed E-state index contributed by atoms with van der Waals surface area (Å²) in [6.45, 7) is 34.8. The first-order valence-corrected chi connectivity index (χ1v) is 30.5. The van der Waals surface area contributed by atoms with Crippen molar-refractivity contribution in [2.24, 2.45) is 34.5 Å². The molecule has 0 amide bonds. The zero-order valence-corrected chi connectivity index (χ0v) is 46.0. The topological polar surface area (TPSA) is 123 Å². The fourth-order valence-electron chi connectivity index (χ4n) is 7.69. The highest BCUT2D eigenvalue weighted by molar-refractivity contribution is 6.74. The van der Waals surface area contributed by atoms with Gasteiger partial charge in [0.1, 0.15) is 24.7 Å². The Morgan fingerprint density at radius 3 is 1.26 bits per heavy atom. The molecule has 3 aliphatic rings. The second-order valence-electron chi connectivity index (χ2n) is 23.2. The number of cyclic esters (lactones) is 2. The van der Waals surface area contributed by atoms with Crippen molar-refractivity contribution in [2.75, 3.05) is 0 Å². The average molecular weight is 967 g/mol. The van der Waals surface area contributed by atoms with Gasteiger partial charge in [0, 0.05) is 35.8 Å². The zero-order chi connectivity index (χ0) is 50.3. The predicted molar refractivity (Wildman–Crippen MR) is 280 cm³/mol. The normalized spacial score (nSPS) is 27.8. The fraction of sp³-hybridized carbons (Fsp3) is 0.571. The molecule has 5 rings (SSSR count). The minimum Gasteiger partial charge on any atom is -0.457 e. The number of nitrogens with zero attached hydrogens (tertiary/aromatic N) is 2. The first-order chi connectivity index (χ1) is 31.7. The average Bonchev–Trinajstić information content (AvgIpc) is 4.03. The number of hydrogen-bond donors (Lipinski definition) is 0. The molecule has 4 bridgehead atoms. The van der Waals surface area contributed by atoms with Gasteiger partial charge in [0.2, 0.25) is 11.8 Å². The third-order valence-electron chi connectivity index (χ3n) is 14.9. The maximum absolute atomic E-state index is 13.8. The summed E-state index contributed by atoms with van der Waals surface area (Å²) in [5, 5.41) is -0.0126. The van der Waals surface area contributed by atoms with Crippen molar-refractivity contribution in [3.8, 4) is 0 Å². The number of hydrogen-bond acceptors (Lipinski definition) is 10. The van der Waals surface area contributed by atoms with Gasteiger partial charge in [0.15, 0.2) is 28.0 Å². The maximum atomic E-state index is 13.8. The van der Waals surface area contributed by atoms with Gasteiger partial charge >= 0.3 is 11.9 Å². The van der Waals surface area contributed by atoms with E-state index in [1.165, 1.54) is 12.5 Å². The summed E-state index contributed by atoms with van der Waals surface area (Å²) in [6.07, 6.45) is 36.6. The van der Waals surface area contributed by atoms with Crippen LogP contribution >= 0.6 is 0 Å². The van der Waals surface area contributed by atoms with Crippen LogP contribution in [0.3, 0.4) is 0 Å². The molecule has 8 atom stereocenters. The molecule has 0 spiro atoms. The molecule has 3 heterocycles. The van der Waals surface area contributed by atoms with Crippen LogP contribution in [-0.2, 0) is 18.3 Å². The highest BCUT2D eigenvalue weighted by atomic mass is 28.4. The number of oxazole rings is 2. The maximum Gasteiger partial charge on any atom is 0.360 e. The summed E-state index contributed by atoms with van der Waals surface area (Å²) < 4.78 is 38.2. The van der Waals surface area contributed by atoms with Gasteiger partial charge in [-0.05, 0) is 86.6 Å². The predicted octanol–water partition coefficient (Wildman–Crippen LogP) is 14.7.